The lowest BCUT2D eigenvalue weighted by molar-refractivity contribution is 0.414. The Kier molecular flexibility index (Phi) is 4.55. The first-order valence-corrected chi connectivity index (χ1v) is 7.50. The molecule has 0 atom stereocenters. The summed E-state index contributed by atoms with van der Waals surface area (Å²) in [6.07, 6.45) is 1.66. The van der Waals surface area contributed by atoms with Crippen LogP contribution in [0.5, 0.6) is 5.75 Å². The molecule has 1 aromatic carbocycles. The maximum Gasteiger partial charge on any atom is 0.265 e. The Morgan fingerprint density at radius 1 is 1.35 bits per heavy atom. The molecule has 0 saturated heterocycles. The summed E-state index contributed by atoms with van der Waals surface area (Å²) in [5, 5.41) is 0. The van der Waals surface area contributed by atoms with E-state index in [0.29, 0.717) is 16.7 Å². The topological polar surface area (TPSA) is 57.2 Å². The summed E-state index contributed by atoms with van der Waals surface area (Å²) in [6, 6.07) is 5.64. The lowest BCUT2D eigenvalue weighted by atomic mass is 10.2. The molecule has 6 heteroatoms. The van der Waals surface area contributed by atoms with E-state index in [1.165, 1.54) is 0 Å². The Morgan fingerprint density at radius 3 is 2.70 bits per heavy atom. The van der Waals surface area contributed by atoms with Crippen LogP contribution in [0.2, 0.25) is 0 Å². The quantitative estimate of drug-likeness (QED) is 0.858. The maximum absolute atomic E-state index is 12.2. The first kappa shape index (κ1) is 15.1. The monoisotopic (exact) mass is 400 g/mol. The molecular weight excluding hydrogens is 388 g/mol. The number of pyridine rings is 1. The van der Waals surface area contributed by atoms with Gasteiger partial charge in [-0.05, 0) is 52.2 Å². The zero-order valence-corrected chi connectivity index (χ0v) is 14.3. The molecular formula is C14H14Br2N2O2. The second-order valence-corrected chi connectivity index (χ2v) is 6.06. The van der Waals surface area contributed by atoms with Crippen molar-refractivity contribution in [1.82, 2.24) is 4.57 Å². The average Bonchev–Trinajstić information content (AvgIpc) is 2.44. The molecule has 4 nitrogen and oxygen atoms in total. The molecule has 0 radical (unpaired) electrons. The number of nitrogens with two attached hydrogens (primary N) is 1. The lowest BCUT2D eigenvalue weighted by Crippen LogP contribution is -2.23. The van der Waals surface area contributed by atoms with Gasteiger partial charge in [-0.2, -0.15) is 0 Å². The van der Waals surface area contributed by atoms with Gasteiger partial charge in [0.05, 0.1) is 23.8 Å². The summed E-state index contributed by atoms with van der Waals surface area (Å²) in [7, 11) is 1.61. The molecule has 0 saturated carbocycles. The van der Waals surface area contributed by atoms with Crippen LogP contribution in [0.25, 0.3) is 0 Å². The van der Waals surface area contributed by atoms with Crippen LogP contribution in [0.1, 0.15) is 11.1 Å². The first-order chi connectivity index (χ1) is 9.43. The van der Waals surface area contributed by atoms with Gasteiger partial charge in [0.15, 0.2) is 0 Å². The Morgan fingerprint density at radius 2 is 2.05 bits per heavy atom. The average molecular weight is 402 g/mol. The Balaban J connectivity index is 2.48. The van der Waals surface area contributed by atoms with Crippen LogP contribution < -0.4 is 16.0 Å². The SMILES string of the molecule is COc1ccc(Br)c(Cn2cc(N)c(C)c(Br)c2=O)c1. The number of ether oxygens (including phenoxy) is 1. The van der Waals surface area contributed by atoms with Crippen molar-refractivity contribution in [1.29, 1.82) is 0 Å². The molecule has 0 spiro atoms. The highest BCUT2D eigenvalue weighted by molar-refractivity contribution is 9.10. The van der Waals surface area contributed by atoms with Crippen molar-refractivity contribution in [2.45, 2.75) is 13.5 Å². The summed E-state index contributed by atoms with van der Waals surface area (Å²) >= 11 is 6.77. The Hall–Kier alpha value is -1.27. The predicted octanol–water partition coefficient (Wildman–Crippen LogP) is 3.32. The normalized spacial score (nSPS) is 10.6. The van der Waals surface area contributed by atoms with E-state index in [1.807, 2.05) is 25.1 Å². The highest BCUT2D eigenvalue weighted by Gasteiger charge is 2.10. The van der Waals surface area contributed by atoms with E-state index in [9.17, 15) is 4.79 Å². The van der Waals surface area contributed by atoms with Crippen LogP contribution in [-0.2, 0) is 6.54 Å². The fourth-order valence-corrected chi connectivity index (χ4v) is 2.67. The molecule has 2 rings (SSSR count). The predicted molar refractivity (Wildman–Crippen MR) is 87.3 cm³/mol. The second kappa shape index (κ2) is 6.01. The molecule has 0 unspecified atom stereocenters. The number of methoxy groups -OCH3 is 1. The van der Waals surface area contributed by atoms with Crippen molar-refractivity contribution in [2.75, 3.05) is 12.8 Å². The van der Waals surface area contributed by atoms with Gasteiger partial charge in [0.1, 0.15) is 5.75 Å². The molecule has 0 aliphatic rings. The maximum atomic E-state index is 12.2. The van der Waals surface area contributed by atoms with E-state index < -0.39 is 0 Å². The van der Waals surface area contributed by atoms with Gasteiger partial charge in [0, 0.05) is 10.7 Å². The van der Waals surface area contributed by atoms with Gasteiger partial charge < -0.3 is 15.0 Å². The van der Waals surface area contributed by atoms with Crippen molar-refractivity contribution in [3.8, 4) is 5.75 Å². The summed E-state index contributed by atoms with van der Waals surface area (Å²) in [5.74, 6) is 0.746. The zero-order chi connectivity index (χ0) is 14.9. The van der Waals surface area contributed by atoms with Gasteiger partial charge in [-0.1, -0.05) is 15.9 Å². The molecule has 0 fully saturated rings. The number of benzene rings is 1. The molecule has 0 bridgehead atoms. The van der Waals surface area contributed by atoms with Gasteiger partial charge in [-0.3, -0.25) is 4.79 Å². The fraction of sp³-hybridized carbons (Fsp3) is 0.214. The van der Waals surface area contributed by atoms with Gasteiger partial charge in [-0.15, -0.1) is 0 Å². The Labute approximate surface area is 133 Å². The molecule has 2 aromatic rings. The van der Waals surface area contributed by atoms with Crippen molar-refractivity contribution in [3.05, 3.63) is 54.8 Å². The number of hydrogen-bond donors (Lipinski definition) is 1. The zero-order valence-electron chi connectivity index (χ0n) is 11.1. The highest BCUT2D eigenvalue weighted by atomic mass is 79.9. The third-order valence-electron chi connectivity index (χ3n) is 3.10. The minimum Gasteiger partial charge on any atom is -0.497 e. The van der Waals surface area contributed by atoms with Crippen LogP contribution in [-0.4, -0.2) is 11.7 Å². The van der Waals surface area contributed by atoms with Crippen LogP contribution in [0.3, 0.4) is 0 Å². The van der Waals surface area contributed by atoms with Crippen LogP contribution >= 0.6 is 31.9 Å². The van der Waals surface area contributed by atoms with Gasteiger partial charge in [0.2, 0.25) is 0 Å². The lowest BCUT2D eigenvalue weighted by Gasteiger charge is -2.12. The smallest absolute Gasteiger partial charge is 0.265 e. The van der Waals surface area contributed by atoms with Crippen LogP contribution in [0.15, 0.2) is 38.1 Å². The summed E-state index contributed by atoms with van der Waals surface area (Å²) < 4.78 is 8.19. The number of aromatic nitrogens is 1. The minimum atomic E-state index is -0.105. The second-order valence-electron chi connectivity index (χ2n) is 4.41. The largest absolute Gasteiger partial charge is 0.497 e. The Bertz CT molecular complexity index is 711. The minimum absolute atomic E-state index is 0.105. The van der Waals surface area contributed by atoms with E-state index in [0.717, 1.165) is 21.3 Å². The third-order valence-corrected chi connectivity index (χ3v) is 4.81. The summed E-state index contributed by atoms with van der Waals surface area (Å²) in [4.78, 5) is 12.2. The summed E-state index contributed by atoms with van der Waals surface area (Å²) in [6.45, 7) is 2.23. The van der Waals surface area contributed by atoms with Gasteiger partial charge >= 0.3 is 0 Å². The third kappa shape index (κ3) is 2.91. The van der Waals surface area contributed by atoms with E-state index >= 15 is 0 Å². The van der Waals surface area contributed by atoms with E-state index in [1.54, 1.807) is 17.9 Å². The fourth-order valence-electron chi connectivity index (χ4n) is 1.84. The van der Waals surface area contributed by atoms with Crippen molar-refractivity contribution >= 4 is 37.5 Å². The molecule has 0 aliphatic carbocycles. The first-order valence-electron chi connectivity index (χ1n) is 5.91. The number of rotatable bonds is 3. The van der Waals surface area contributed by atoms with Gasteiger partial charge in [0.25, 0.3) is 5.56 Å². The van der Waals surface area contributed by atoms with Crippen molar-refractivity contribution in [2.24, 2.45) is 0 Å². The van der Waals surface area contributed by atoms with Crippen LogP contribution in [0.4, 0.5) is 5.69 Å². The van der Waals surface area contributed by atoms with Crippen LogP contribution in [0, 0.1) is 6.92 Å². The number of nitrogen functional groups attached to an aromatic ring is 1. The molecule has 2 N–H and O–H groups in total. The molecule has 1 heterocycles. The van der Waals surface area contributed by atoms with Gasteiger partial charge in [-0.25, -0.2) is 0 Å². The standard InChI is InChI=1S/C14H14Br2N2O2/c1-8-12(17)7-18(14(19)13(8)16)6-9-5-10(20-2)3-4-11(9)15/h3-5,7H,6,17H2,1-2H3. The summed E-state index contributed by atoms with van der Waals surface area (Å²) in [5.41, 5.74) is 8.09. The molecule has 0 amide bonds. The molecule has 20 heavy (non-hydrogen) atoms. The number of halogens is 2. The van der Waals surface area contributed by atoms with Crippen molar-refractivity contribution < 1.29 is 4.74 Å². The molecule has 0 aliphatic heterocycles. The van der Waals surface area contributed by atoms with E-state index in [-0.39, 0.29) is 5.56 Å². The number of hydrogen-bond acceptors (Lipinski definition) is 3. The molecule has 1 aromatic heterocycles. The molecule has 106 valence electrons. The highest BCUT2D eigenvalue weighted by Crippen LogP contribution is 2.24. The van der Waals surface area contributed by atoms with E-state index in [4.69, 9.17) is 10.5 Å². The number of nitrogens with zero attached hydrogens (tertiary/aromatic N) is 1. The van der Waals surface area contributed by atoms with E-state index in [2.05, 4.69) is 31.9 Å². The number of anilines is 1. The van der Waals surface area contributed by atoms with Crippen molar-refractivity contribution in [3.63, 3.8) is 0 Å².